The van der Waals surface area contributed by atoms with Crippen LogP contribution in [-0.4, -0.2) is 20.1 Å². The maximum atomic E-state index is 3.47. The molecular weight excluding hydrogens is 208 g/mol. The zero-order valence-corrected chi connectivity index (χ0v) is 10.1. The highest BCUT2D eigenvalue weighted by Gasteiger charge is 2.27. The topological polar surface area (TPSA) is 24.1 Å². The van der Waals surface area contributed by atoms with Gasteiger partial charge in [0.25, 0.3) is 0 Å². The second kappa shape index (κ2) is 4.47. The normalized spacial score (nSPS) is 17.9. The Morgan fingerprint density at radius 1 is 1.12 bits per heavy atom. The molecule has 0 radical (unpaired) electrons. The van der Waals surface area contributed by atoms with Crippen molar-refractivity contribution in [2.45, 2.75) is 6.04 Å². The second-order valence-corrected chi connectivity index (χ2v) is 4.75. The highest BCUT2D eigenvalue weighted by atomic mass is 15.0. The Kier molecular flexibility index (Phi) is 2.83. The Morgan fingerprint density at radius 3 is 2.59 bits per heavy atom. The number of hydrogen-bond donors (Lipinski definition) is 2. The fraction of sp³-hybridized carbons (Fsp3) is 0.333. The summed E-state index contributed by atoms with van der Waals surface area (Å²) in [6.45, 7) is 2.24. The standard InChI is InChI=1S/C15H18N2/c1-16-15(12-9-17-10-12)14-8-4-6-11-5-2-3-7-13(11)14/h2-8,12,15-17H,9-10H2,1H3. The third-order valence-corrected chi connectivity index (χ3v) is 3.75. The Hall–Kier alpha value is -1.38. The highest BCUT2D eigenvalue weighted by molar-refractivity contribution is 5.86. The minimum absolute atomic E-state index is 0.461. The average molecular weight is 226 g/mol. The molecule has 1 aliphatic heterocycles. The zero-order valence-electron chi connectivity index (χ0n) is 10.1. The van der Waals surface area contributed by atoms with Crippen LogP contribution in [0.25, 0.3) is 10.8 Å². The predicted octanol–water partition coefficient (Wildman–Crippen LogP) is 2.32. The molecule has 2 heteroatoms. The van der Waals surface area contributed by atoms with Gasteiger partial charge in [-0.15, -0.1) is 0 Å². The first-order valence-corrected chi connectivity index (χ1v) is 6.26. The molecule has 1 atom stereocenters. The first kappa shape index (κ1) is 10.8. The number of benzene rings is 2. The van der Waals surface area contributed by atoms with Crippen LogP contribution in [0.4, 0.5) is 0 Å². The van der Waals surface area contributed by atoms with Gasteiger partial charge in [0.2, 0.25) is 0 Å². The summed E-state index contributed by atoms with van der Waals surface area (Å²) in [6.07, 6.45) is 0. The van der Waals surface area contributed by atoms with Crippen LogP contribution < -0.4 is 10.6 Å². The van der Waals surface area contributed by atoms with Gasteiger partial charge in [0.1, 0.15) is 0 Å². The molecule has 0 bridgehead atoms. The van der Waals surface area contributed by atoms with E-state index in [1.165, 1.54) is 16.3 Å². The van der Waals surface area contributed by atoms with Crippen molar-refractivity contribution in [3.8, 4) is 0 Å². The molecule has 1 heterocycles. The first-order valence-electron chi connectivity index (χ1n) is 6.26. The van der Waals surface area contributed by atoms with Gasteiger partial charge in [-0.2, -0.15) is 0 Å². The van der Waals surface area contributed by atoms with Crippen molar-refractivity contribution in [1.82, 2.24) is 10.6 Å². The first-order chi connectivity index (χ1) is 8.40. The lowest BCUT2D eigenvalue weighted by molar-refractivity contribution is 0.269. The maximum Gasteiger partial charge on any atom is 0.0376 e. The van der Waals surface area contributed by atoms with Gasteiger partial charge in [-0.05, 0) is 23.4 Å². The molecule has 1 unspecified atom stereocenters. The molecule has 2 nitrogen and oxygen atoms in total. The van der Waals surface area contributed by atoms with Crippen LogP contribution >= 0.6 is 0 Å². The Morgan fingerprint density at radius 2 is 1.88 bits per heavy atom. The summed E-state index contributed by atoms with van der Waals surface area (Å²) < 4.78 is 0. The molecule has 0 aliphatic carbocycles. The lowest BCUT2D eigenvalue weighted by atomic mass is 9.86. The van der Waals surface area contributed by atoms with Crippen molar-refractivity contribution in [3.63, 3.8) is 0 Å². The molecule has 0 spiro atoms. The van der Waals surface area contributed by atoms with E-state index >= 15 is 0 Å². The molecule has 88 valence electrons. The molecule has 1 saturated heterocycles. The van der Waals surface area contributed by atoms with Crippen LogP contribution in [0.2, 0.25) is 0 Å². The van der Waals surface area contributed by atoms with Crippen molar-refractivity contribution in [3.05, 3.63) is 48.0 Å². The van der Waals surface area contributed by atoms with E-state index in [1.807, 2.05) is 0 Å². The van der Waals surface area contributed by atoms with Crippen molar-refractivity contribution in [1.29, 1.82) is 0 Å². The smallest absolute Gasteiger partial charge is 0.0376 e. The number of rotatable bonds is 3. The van der Waals surface area contributed by atoms with Gasteiger partial charge < -0.3 is 10.6 Å². The highest BCUT2D eigenvalue weighted by Crippen LogP contribution is 2.30. The molecule has 1 fully saturated rings. The van der Waals surface area contributed by atoms with Crippen LogP contribution in [0.5, 0.6) is 0 Å². The van der Waals surface area contributed by atoms with Gasteiger partial charge in [0.15, 0.2) is 0 Å². The monoisotopic (exact) mass is 226 g/mol. The molecule has 0 amide bonds. The second-order valence-electron chi connectivity index (χ2n) is 4.75. The van der Waals surface area contributed by atoms with Crippen molar-refractivity contribution in [2.24, 2.45) is 5.92 Å². The maximum absolute atomic E-state index is 3.47. The van der Waals surface area contributed by atoms with E-state index in [-0.39, 0.29) is 0 Å². The van der Waals surface area contributed by atoms with Crippen molar-refractivity contribution < 1.29 is 0 Å². The largest absolute Gasteiger partial charge is 0.316 e. The molecule has 2 aromatic carbocycles. The number of fused-ring (bicyclic) bond motifs is 1. The van der Waals surface area contributed by atoms with Gasteiger partial charge >= 0.3 is 0 Å². The van der Waals surface area contributed by atoms with Crippen LogP contribution in [0.3, 0.4) is 0 Å². The summed E-state index contributed by atoms with van der Waals surface area (Å²) in [7, 11) is 2.06. The molecule has 1 aliphatic rings. The van der Waals surface area contributed by atoms with Crippen molar-refractivity contribution in [2.75, 3.05) is 20.1 Å². The number of hydrogen-bond acceptors (Lipinski definition) is 2. The Bertz CT molecular complexity index is 512. The quantitative estimate of drug-likeness (QED) is 0.839. The molecule has 0 aromatic heterocycles. The molecule has 2 N–H and O–H groups in total. The summed E-state index contributed by atoms with van der Waals surface area (Å²) in [5, 5.41) is 9.53. The Balaban J connectivity index is 2.08. The van der Waals surface area contributed by atoms with E-state index in [1.54, 1.807) is 0 Å². The molecule has 17 heavy (non-hydrogen) atoms. The summed E-state index contributed by atoms with van der Waals surface area (Å²) in [5.41, 5.74) is 1.43. The molecule has 3 rings (SSSR count). The summed E-state index contributed by atoms with van der Waals surface area (Å²) in [6, 6.07) is 15.7. The van der Waals surface area contributed by atoms with Crippen LogP contribution in [-0.2, 0) is 0 Å². The minimum atomic E-state index is 0.461. The van der Waals surface area contributed by atoms with E-state index < -0.39 is 0 Å². The van der Waals surface area contributed by atoms with Crippen molar-refractivity contribution >= 4 is 10.8 Å². The summed E-state index contributed by atoms with van der Waals surface area (Å²) in [4.78, 5) is 0. The molecular formula is C15H18N2. The van der Waals surface area contributed by atoms with Gasteiger partial charge in [-0.1, -0.05) is 42.5 Å². The minimum Gasteiger partial charge on any atom is -0.316 e. The fourth-order valence-electron chi connectivity index (χ4n) is 2.71. The van der Waals surface area contributed by atoms with Crippen LogP contribution in [0, 0.1) is 5.92 Å². The third kappa shape index (κ3) is 1.84. The van der Waals surface area contributed by atoms with E-state index in [9.17, 15) is 0 Å². The van der Waals surface area contributed by atoms with Crippen LogP contribution in [0.15, 0.2) is 42.5 Å². The van der Waals surface area contributed by atoms with Gasteiger partial charge in [0, 0.05) is 25.0 Å². The van der Waals surface area contributed by atoms with E-state index in [2.05, 4.69) is 60.1 Å². The van der Waals surface area contributed by atoms with Gasteiger partial charge in [-0.3, -0.25) is 0 Å². The summed E-state index contributed by atoms with van der Waals surface area (Å²) in [5.74, 6) is 0.714. The summed E-state index contributed by atoms with van der Waals surface area (Å²) >= 11 is 0. The van der Waals surface area contributed by atoms with E-state index in [0.717, 1.165) is 13.1 Å². The van der Waals surface area contributed by atoms with E-state index in [0.29, 0.717) is 12.0 Å². The average Bonchev–Trinajstić information content (AvgIpc) is 2.33. The predicted molar refractivity (Wildman–Crippen MR) is 72.1 cm³/mol. The molecule has 2 aromatic rings. The lowest BCUT2D eigenvalue weighted by Crippen LogP contribution is -2.48. The zero-order chi connectivity index (χ0) is 11.7. The third-order valence-electron chi connectivity index (χ3n) is 3.75. The van der Waals surface area contributed by atoms with Crippen LogP contribution in [0.1, 0.15) is 11.6 Å². The van der Waals surface area contributed by atoms with Gasteiger partial charge in [0.05, 0.1) is 0 Å². The van der Waals surface area contributed by atoms with Gasteiger partial charge in [-0.25, -0.2) is 0 Å². The SMILES string of the molecule is CNC(c1cccc2ccccc12)C1CNC1. The van der Waals surface area contributed by atoms with E-state index in [4.69, 9.17) is 0 Å². The number of nitrogens with one attached hydrogen (secondary N) is 2. The fourth-order valence-corrected chi connectivity index (χ4v) is 2.71. The Labute approximate surface area is 102 Å². The molecule has 0 saturated carbocycles. The lowest BCUT2D eigenvalue weighted by Gasteiger charge is -2.35.